The molecule has 4 aliphatic heterocycles. The standard InChI is InChI=1S/C23H27N7O6S2.Na/c1-36-28-15(14-10-38-23(24)26-14)18(31)27-16-20(33)30-17(22(34)35)12(9-37-21(16)30)6-11-7-13(25-8-11)19(32)29-4-2-3-5-29;/h6,10,13,16,21,25H,2-5,7-9H2,1H3,(H2,24,26)(H,27,31)(H,34,35);/q;+1/p-1/b11-6-,28-15-;/t13?,16-,21-;/m1./s1. The molecule has 0 saturated carbocycles. The molecule has 5 heterocycles. The number of hydrogen-bond donors (Lipinski definition) is 3. The Balaban J connectivity index is 0.00000353. The number of oxime groups is 1. The van der Waals surface area contributed by atoms with Crippen LogP contribution in [0.2, 0.25) is 0 Å². The number of nitrogens with zero attached hydrogens (tertiary/aromatic N) is 4. The minimum Gasteiger partial charge on any atom is -0.543 e. The van der Waals surface area contributed by atoms with Gasteiger partial charge in [0.15, 0.2) is 10.8 Å². The largest absolute Gasteiger partial charge is 1.00 e. The molecular formula is C23H26N7NaO6S2. The second-order valence-electron chi connectivity index (χ2n) is 9.19. The summed E-state index contributed by atoms with van der Waals surface area (Å²) in [6.45, 7) is 1.98. The molecule has 202 valence electrons. The van der Waals surface area contributed by atoms with Gasteiger partial charge in [-0.2, -0.15) is 0 Å². The number of fused-ring (bicyclic) bond motifs is 1. The van der Waals surface area contributed by atoms with Crippen LogP contribution in [-0.4, -0.2) is 94.1 Å². The Morgan fingerprint density at radius 2 is 2.08 bits per heavy atom. The van der Waals surface area contributed by atoms with Crippen LogP contribution in [0.5, 0.6) is 0 Å². The summed E-state index contributed by atoms with van der Waals surface area (Å²) in [5.41, 5.74) is 6.80. The molecular weight excluding hydrogens is 557 g/mol. The van der Waals surface area contributed by atoms with Crippen molar-refractivity contribution < 1.29 is 58.7 Å². The molecule has 5 rings (SSSR count). The monoisotopic (exact) mass is 583 g/mol. The number of likely N-dealkylation sites (tertiary alicyclic amines) is 1. The van der Waals surface area contributed by atoms with Crippen LogP contribution in [-0.2, 0) is 24.0 Å². The third-order valence-corrected chi connectivity index (χ3v) is 8.75. The number of hydrogen-bond acceptors (Lipinski definition) is 12. The molecule has 0 aromatic carbocycles. The number of nitrogens with two attached hydrogens (primary N) is 1. The smallest absolute Gasteiger partial charge is 0.543 e. The number of carboxylic acid groups (broad SMARTS) is 1. The molecule has 4 N–H and O–H groups in total. The molecule has 1 aromatic heterocycles. The van der Waals surface area contributed by atoms with Gasteiger partial charge in [0.25, 0.3) is 11.8 Å². The van der Waals surface area contributed by atoms with Gasteiger partial charge in [-0.1, -0.05) is 16.8 Å². The number of nitrogen functional groups attached to an aromatic ring is 1. The molecule has 0 bridgehead atoms. The molecule has 3 saturated heterocycles. The number of amides is 3. The molecule has 3 atom stereocenters. The van der Waals surface area contributed by atoms with Crippen LogP contribution in [0.25, 0.3) is 0 Å². The first kappa shape index (κ1) is 29.6. The zero-order valence-electron chi connectivity index (χ0n) is 21.5. The van der Waals surface area contributed by atoms with E-state index in [4.69, 9.17) is 10.6 Å². The Labute approximate surface area is 254 Å². The first-order valence-electron chi connectivity index (χ1n) is 12.0. The first-order valence-corrected chi connectivity index (χ1v) is 14.0. The summed E-state index contributed by atoms with van der Waals surface area (Å²) in [4.78, 5) is 62.5. The molecule has 3 fully saturated rings. The van der Waals surface area contributed by atoms with Crippen LogP contribution >= 0.6 is 23.1 Å². The number of anilines is 1. The minimum atomic E-state index is -1.48. The van der Waals surface area contributed by atoms with Crippen LogP contribution < -0.4 is 51.0 Å². The number of β-lactam (4-membered cyclic amide) rings is 1. The van der Waals surface area contributed by atoms with Crippen molar-refractivity contribution in [3.63, 3.8) is 0 Å². The third kappa shape index (κ3) is 5.88. The number of carbonyl (C=O) groups excluding carboxylic acids is 4. The maximum absolute atomic E-state index is 13.0. The predicted octanol–water partition coefficient (Wildman–Crippen LogP) is -4.61. The number of thiazole rings is 1. The molecule has 16 heteroatoms. The molecule has 0 radical (unpaired) electrons. The Bertz CT molecular complexity index is 1280. The zero-order chi connectivity index (χ0) is 27.0. The summed E-state index contributed by atoms with van der Waals surface area (Å²) >= 11 is 2.45. The van der Waals surface area contributed by atoms with Crippen molar-refractivity contribution in [2.24, 2.45) is 5.16 Å². The average Bonchev–Trinajstić information content (AvgIpc) is 3.67. The number of carboxylic acids is 1. The van der Waals surface area contributed by atoms with Crippen LogP contribution in [0.1, 0.15) is 25.0 Å². The summed E-state index contributed by atoms with van der Waals surface area (Å²) in [5.74, 6) is -2.40. The number of allylic oxidation sites excluding steroid dienone is 1. The van der Waals surface area contributed by atoms with Crippen molar-refractivity contribution in [3.8, 4) is 0 Å². The van der Waals surface area contributed by atoms with Gasteiger partial charge in [-0.15, -0.1) is 23.1 Å². The third-order valence-electron chi connectivity index (χ3n) is 6.78. The van der Waals surface area contributed by atoms with Crippen LogP contribution in [0.4, 0.5) is 5.13 Å². The molecule has 39 heavy (non-hydrogen) atoms. The van der Waals surface area contributed by atoms with E-state index in [1.165, 1.54) is 24.3 Å². The van der Waals surface area contributed by atoms with Gasteiger partial charge in [0.05, 0.1) is 17.7 Å². The molecule has 4 aliphatic rings. The molecule has 3 amide bonds. The molecule has 0 aliphatic carbocycles. The summed E-state index contributed by atoms with van der Waals surface area (Å²) in [7, 11) is 1.27. The summed E-state index contributed by atoms with van der Waals surface area (Å²) in [6, 6.07) is -1.30. The second kappa shape index (κ2) is 12.4. The van der Waals surface area contributed by atoms with Gasteiger partial charge >= 0.3 is 29.6 Å². The molecule has 0 spiro atoms. The fourth-order valence-corrected chi connectivity index (χ4v) is 6.85. The van der Waals surface area contributed by atoms with Gasteiger partial charge in [-0.25, -0.2) is 4.98 Å². The second-order valence-corrected chi connectivity index (χ2v) is 11.2. The Kier molecular flexibility index (Phi) is 9.39. The van der Waals surface area contributed by atoms with Gasteiger partial charge in [-0.3, -0.25) is 19.3 Å². The van der Waals surface area contributed by atoms with Gasteiger partial charge < -0.3 is 36.0 Å². The number of carbonyl (C=O) groups is 4. The maximum atomic E-state index is 13.0. The van der Waals surface area contributed by atoms with Crippen LogP contribution in [0.3, 0.4) is 0 Å². The SMILES string of the molecule is CO/N=C(\C(=O)N[C@@H]1C(=O)N2C(C(=O)[O-])=C(/C=C3\CNC(C(=O)N4CCCC4)C3)CS[C@H]12)c1csc(N)n1.[Na+]. The van der Waals surface area contributed by atoms with E-state index < -0.39 is 29.2 Å². The predicted molar refractivity (Wildman–Crippen MR) is 137 cm³/mol. The van der Waals surface area contributed by atoms with Crippen molar-refractivity contribution in [1.82, 2.24) is 25.4 Å². The topological polar surface area (TPSA) is 182 Å². The maximum Gasteiger partial charge on any atom is 1.00 e. The van der Waals surface area contributed by atoms with Crippen molar-refractivity contribution in [2.75, 3.05) is 38.2 Å². The van der Waals surface area contributed by atoms with E-state index in [0.717, 1.165) is 47.7 Å². The van der Waals surface area contributed by atoms with Gasteiger partial charge in [0.2, 0.25) is 5.91 Å². The number of rotatable bonds is 7. The molecule has 1 unspecified atom stereocenters. The first-order chi connectivity index (χ1) is 18.3. The Morgan fingerprint density at radius 3 is 2.72 bits per heavy atom. The molecule has 1 aromatic rings. The van der Waals surface area contributed by atoms with E-state index >= 15 is 0 Å². The van der Waals surface area contributed by atoms with Crippen molar-refractivity contribution in [3.05, 3.63) is 34.0 Å². The number of aromatic nitrogens is 1. The van der Waals surface area contributed by atoms with E-state index in [-0.39, 0.29) is 63.7 Å². The van der Waals surface area contributed by atoms with Gasteiger partial charge in [0, 0.05) is 30.8 Å². The molecule has 13 nitrogen and oxygen atoms in total. The Hall–Kier alpha value is -2.43. The van der Waals surface area contributed by atoms with Crippen molar-refractivity contribution in [1.29, 1.82) is 0 Å². The van der Waals surface area contributed by atoms with Crippen LogP contribution in [0.15, 0.2) is 33.5 Å². The van der Waals surface area contributed by atoms with E-state index in [1.54, 1.807) is 6.08 Å². The van der Waals surface area contributed by atoms with Gasteiger partial charge in [0.1, 0.15) is 24.2 Å². The zero-order valence-corrected chi connectivity index (χ0v) is 25.1. The number of nitrogens with one attached hydrogen (secondary N) is 2. The quantitative estimate of drug-likeness (QED) is 0.122. The Morgan fingerprint density at radius 1 is 1.33 bits per heavy atom. The van der Waals surface area contributed by atoms with Crippen molar-refractivity contribution in [2.45, 2.75) is 36.7 Å². The number of aliphatic carboxylic acids is 1. The van der Waals surface area contributed by atoms with E-state index in [0.29, 0.717) is 24.3 Å². The summed E-state index contributed by atoms with van der Waals surface area (Å²) in [6.07, 6.45) is 4.23. The van der Waals surface area contributed by atoms with E-state index in [9.17, 15) is 24.3 Å². The summed E-state index contributed by atoms with van der Waals surface area (Å²) < 4.78 is 0. The fraction of sp³-hybridized carbons (Fsp3) is 0.478. The fourth-order valence-electron chi connectivity index (χ4n) is 4.99. The van der Waals surface area contributed by atoms with E-state index in [1.807, 2.05) is 4.90 Å². The van der Waals surface area contributed by atoms with Crippen LogP contribution in [0, 0.1) is 0 Å². The minimum absolute atomic E-state index is 0. The number of thioether (sulfide) groups is 1. The van der Waals surface area contributed by atoms with E-state index in [2.05, 4.69) is 20.8 Å². The van der Waals surface area contributed by atoms with Gasteiger partial charge in [-0.05, 0) is 24.8 Å². The van der Waals surface area contributed by atoms with Crippen molar-refractivity contribution >= 4 is 57.6 Å². The summed E-state index contributed by atoms with van der Waals surface area (Å²) in [5, 5.41) is 22.8. The average molecular weight is 584 g/mol. The normalized spacial score (nSPS) is 25.8.